The second-order valence-corrected chi connectivity index (χ2v) is 4.47. The maximum atomic E-state index is 11.7. The highest BCUT2D eigenvalue weighted by Gasteiger charge is 2.06. The van der Waals surface area contributed by atoms with Crippen LogP contribution in [0.3, 0.4) is 0 Å². The molecule has 23 heavy (non-hydrogen) atoms. The summed E-state index contributed by atoms with van der Waals surface area (Å²) in [7, 11) is 0. The molecule has 9 nitrogen and oxygen atoms in total. The van der Waals surface area contributed by atoms with E-state index in [9.17, 15) is 19.7 Å². The van der Waals surface area contributed by atoms with E-state index in [0.717, 1.165) is 0 Å². The van der Waals surface area contributed by atoms with E-state index in [-0.39, 0.29) is 18.1 Å². The molecule has 0 radical (unpaired) electrons. The maximum Gasteiger partial charge on any atom is 0.325 e. The zero-order valence-electron chi connectivity index (χ0n) is 11.7. The molecule has 0 saturated carbocycles. The first-order valence-corrected chi connectivity index (χ1v) is 6.43. The van der Waals surface area contributed by atoms with Crippen molar-refractivity contribution in [2.45, 2.75) is 6.54 Å². The van der Waals surface area contributed by atoms with E-state index >= 15 is 0 Å². The molecule has 0 saturated heterocycles. The van der Waals surface area contributed by atoms with Crippen molar-refractivity contribution in [2.75, 3.05) is 5.32 Å². The number of carbonyl (C=O) groups is 2. The number of nitrogens with zero attached hydrogens (tertiary/aromatic N) is 3. The molecule has 0 bridgehead atoms. The Hall–Kier alpha value is -3.49. The summed E-state index contributed by atoms with van der Waals surface area (Å²) in [6.45, 7) is -0.306. The van der Waals surface area contributed by atoms with Gasteiger partial charge in [-0.05, 0) is 11.6 Å². The molecule has 0 aliphatic rings. The zero-order chi connectivity index (χ0) is 16.8. The van der Waals surface area contributed by atoms with Crippen LogP contribution in [0.1, 0.15) is 5.56 Å². The lowest BCUT2D eigenvalue weighted by Crippen LogP contribution is -2.11. The summed E-state index contributed by atoms with van der Waals surface area (Å²) in [5.41, 5.74) is 0.436. The third-order valence-electron chi connectivity index (χ3n) is 2.70. The SMILES string of the molecule is O=C(O)Cn1ccc(NC(=O)/C=C/c2cccc([N+](=O)[O-])c2)n1. The Bertz CT molecular complexity index is 781. The average molecular weight is 316 g/mol. The van der Waals surface area contributed by atoms with E-state index in [4.69, 9.17) is 5.11 Å². The summed E-state index contributed by atoms with van der Waals surface area (Å²) in [5, 5.41) is 25.6. The minimum atomic E-state index is -1.04. The molecule has 9 heteroatoms. The van der Waals surface area contributed by atoms with Crippen LogP contribution in [0, 0.1) is 10.1 Å². The van der Waals surface area contributed by atoms with Crippen LogP contribution in [0.4, 0.5) is 11.5 Å². The summed E-state index contributed by atoms with van der Waals surface area (Å²) in [5.74, 6) is -1.33. The molecule has 0 aliphatic carbocycles. The number of non-ortho nitro benzene ring substituents is 1. The van der Waals surface area contributed by atoms with Gasteiger partial charge in [0, 0.05) is 30.5 Å². The number of anilines is 1. The summed E-state index contributed by atoms with van der Waals surface area (Å²) < 4.78 is 1.17. The third kappa shape index (κ3) is 4.77. The lowest BCUT2D eigenvalue weighted by Gasteiger charge is -1.98. The Morgan fingerprint density at radius 3 is 2.87 bits per heavy atom. The molecule has 2 N–H and O–H groups in total. The largest absolute Gasteiger partial charge is 0.480 e. The van der Waals surface area contributed by atoms with Gasteiger partial charge in [-0.15, -0.1) is 0 Å². The van der Waals surface area contributed by atoms with Gasteiger partial charge in [-0.1, -0.05) is 12.1 Å². The van der Waals surface area contributed by atoms with Gasteiger partial charge in [0.15, 0.2) is 5.82 Å². The molecule has 118 valence electrons. The van der Waals surface area contributed by atoms with E-state index < -0.39 is 16.8 Å². The molecule has 1 aromatic heterocycles. The molecular formula is C14H12N4O5. The number of amides is 1. The van der Waals surface area contributed by atoms with Gasteiger partial charge in [0.2, 0.25) is 5.91 Å². The van der Waals surface area contributed by atoms with Crippen molar-refractivity contribution in [3.05, 3.63) is 58.3 Å². The minimum absolute atomic E-state index is 0.0695. The van der Waals surface area contributed by atoms with Gasteiger partial charge in [0.05, 0.1) is 4.92 Å². The van der Waals surface area contributed by atoms with Crippen molar-refractivity contribution in [2.24, 2.45) is 0 Å². The molecule has 0 fully saturated rings. The lowest BCUT2D eigenvalue weighted by atomic mass is 10.2. The molecule has 0 atom stereocenters. The molecule has 2 rings (SSSR count). The summed E-state index contributed by atoms with van der Waals surface area (Å²) in [6, 6.07) is 7.29. The van der Waals surface area contributed by atoms with Crippen LogP contribution >= 0.6 is 0 Å². The number of hydrogen-bond donors (Lipinski definition) is 2. The van der Waals surface area contributed by atoms with Gasteiger partial charge in [-0.25, -0.2) is 0 Å². The minimum Gasteiger partial charge on any atom is -0.480 e. The van der Waals surface area contributed by atoms with Gasteiger partial charge in [-0.2, -0.15) is 5.10 Å². The monoisotopic (exact) mass is 316 g/mol. The van der Waals surface area contributed by atoms with Gasteiger partial charge in [0.25, 0.3) is 5.69 Å². The highest BCUT2D eigenvalue weighted by Crippen LogP contribution is 2.14. The van der Waals surface area contributed by atoms with Crippen LogP contribution in [0.2, 0.25) is 0 Å². The van der Waals surface area contributed by atoms with Gasteiger partial charge >= 0.3 is 5.97 Å². The van der Waals surface area contributed by atoms with E-state index in [2.05, 4.69) is 10.4 Å². The van der Waals surface area contributed by atoms with Crippen molar-refractivity contribution >= 4 is 29.5 Å². The number of nitro benzene ring substituents is 1. The summed E-state index contributed by atoms with van der Waals surface area (Å²) in [6.07, 6.45) is 4.06. The fourth-order valence-electron chi connectivity index (χ4n) is 1.74. The molecule has 1 aromatic carbocycles. The lowest BCUT2D eigenvalue weighted by molar-refractivity contribution is -0.384. The van der Waals surface area contributed by atoms with Crippen LogP contribution < -0.4 is 5.32 Å². The van der Waals surface area contributed by atoms with E-state index in [1.807, 2.05) is 0 Å². The van der Waals surface area contributed by atoms with Crippen molar-refractivity contribution in [1.29, 1.82) is 0 Å². The first-order valence-electron chi connectivity index (χ1n) is 6.43. The Balaban J connectivity index is 1.99. The second-order valence-electron chi connectivity index (χ2n) is 4.47. The standard InChI is InChI=1S/C14H12N4O5/c19-13(15-12-6-7-17(16-12)9-14(20)21)5-4-10-2-1-3-11(8-10)18(22)23/h1-8H,9H2,(H,20,21)(H,15,16,19)/b5-4+. The van der Waals surface area contributed by atoms with E-state index in [1.54, 1.807) is 6.07 Å². The molecule has 2 aromatic rings. The highest BCUT2D eigenvalue weighted by molar-refractivity contribution is 6.01. The fourth-order valence-corrected chi connectivity index (χ4v) is 1.74. The Labute approximate surface area is 130 Å². The molecule has 0 aliphatic heterocycles. The predicted octanol–water partition coefficient (Wildman–Crippen LogP) is 1.53. The van der Waals surface area contributed by atoms with Crippen molar-refractivity contribution < 1.29 is 19.6 Å². The molecular weight excluding hydrogens is 304 g/mol. The number of hydrogen-bond acceptors (Lipinski definition) is 5. The number of aliphatic carboxylic acids is 1. The summed E-state index contributed by atoms with van der Waals surface area (Å²) in [4.78, 5) is 32.4. The number of benzene rings is 1. The molecule has 1 amide bonds. The summed E-state index contributed by atoms with van der Waals surface area (Å²) >= 11 is 0. The Kier molecular flexibility index (Phi) is 4.82. The smallest absolute Gasteiger partial charge is 0.325 e. The Morgan fingerprint density at radius 2 is 2.17 bits per heavy atom. The zero-order valence-corrected chi connectivity index (χ0v) is 11.7. The van der Waals surface area contributed by atoms with Crippen LogP contribution in [-0.2, 0) is 16.1 Å². The van der Waals surface area contributed by atoms with Gasteiger partial charge < -0.3 is 10.4 Å². The highest BCUT2D eigenvalue weighted by atomic mass is 16.6. The molecule has 0 spiro atoms. The van der Waals surface area contributed by atoms with Gasteiger partial charge in [0.1, 0.15) is 6.54 Å². The van der Waals surface area contributed by atoms with Crippen molar-refractivity contribution in [3.63, 3.8) is 0 Å². The van der Waals surface area contributed by atoms with Gasteiger partial charge in [-0.3, -0.25) is 24.4 Å². The molecule has 1 heterocycles. The van der Waals surface area contributed by atoms with E-state index in [1.165, 1.54) is 47.3 Å². The number of nitrogens with one attached hydrogen (secondary N) is 1. The normalized spacial score (nSPS) is 10.6. The number of carboxylic acid groups (broad SMARTS) is 1. The van der Waals surface area contributed by atoms with Crippen molar-refractivity contribution in [3.8, 4) is 0 Å². The number of nitro groups is 1. The average Bonchev–Trinajstić information content (AvgIpc) is 2.91. The second kappa shape index (κ2) is 6.98. The van der Waals surface area contributed by atoms with Crippen LogP contribution in [0.15, 0.2) is 42.6 Å². The first kappa shape index (κ1) is 15.9. The third-order valence-corrected chi connectivity index (χ3v) is 2.70. The first-order chi connectivity index (χ1) is 10.9. The van der Waals surface area contributed by atoms with E-state index in [0.29, 0.717) is 5.56 Å². The van der Waals surface area contributed by atoms with Crippen molar-refractivity contribution in [1.82, 2.24) is 9.78 Å². The maximum absolute atomic E-state index is 11.7. The molecule has 0 unspecified atom stereocenters. The number of rotatable bonds is 6. The van der Waals surface area contributed by atoms with Crippen LogP contribution in [0.25, 0.3) is 6.08 Å². The quantitative estimate of drug-likeness (QED) is 0.472. The predicted molar refractivity (Wildman–Crippen MR) is 80.6 cm³/mol. The number of carbonyl (C=O) groups excluding carboxylic acids is 1. The fraction of sp³-hybridized carbons (Fsp3) is 0.0714. The number of carboxylic acids is 1. The van der Waals surface area contributed by atoms with Crippen LogP contribution in [-0.4, -0.2) is 31.7 Å². The topological polar surface area (TPSA) is 127 Å². The number of aromatic nitrogens is 2. The van der Waals surface area contributed by atoms with Crippen LogP contribution in [0.5, 0.6) is 0 Å². The Morgan fingerprint density at radius 1 is 1.39 bits per heavy atom.